The molecule has 0 radical (unpaired) electrons. The zero-order valence-corrected chi connectivity index (χ0v) is 16.7. The quantitative estimate of drug-likeness (QED) is 0.496. The van der Waals surface area contributed by atoms with Gasteiger partial charge in [0.15, 0.2) is 17.1 Å². The van der Waals surface area contributed by atoms with Crippen LogP contribution in [0.1, 0.15) is 23.4 Å². The number of rotatable bonds is 4. The topological polar surface area (TPSA) is 64.8 Å². The van der Waals surface area contributed by atoms with Crippen LogP contribution in [0.3, 0.4) is 0 Å². The van der Waals surface area contributed by atoms with E-state index in [9.17, 15) is 4.79 Å². The van der Waals surface area contributed by atoms with Gasteiger partial charge in [0.2, 0.25) is 0 Å². The van der Waals surface area contributed by atoms with Crippen LogP contribution in [0.25, 0.3) is 21.9 Å². The summed E-state index contributed by atoms with van der Waals surface area (Å²) in [6.45, 7) is 1.24. The highest BCUT2D eigenvalue weighted by atomic mass is 16.5. The summed E-state index contributed by atoms with van der Waals surface area (Å²) in [5.74, 6) is 1.66. The molecule has 0 unspecified atom stereocenters. The highest BCUT2D eigenvalue weighted by Crippen LogP contribution is 2.30. The summed E-state index contributed by atoms with van der Waals surface area (Å²) in [4.78, 5) is 19.2. The Bertz CT molecular complexity index is 1200. The maximum absolute atomic E-state index is 12.9. The third-order valence-electron chi connectivity index (χ3n) is 5.56. The van der Waals surface area contributed by atoms with Gasteiger partial charge >= 0.3 is 0 Å². The van der Waals surface area contributed by atoms with Gasteiger partial charge < -0.3 is 18.8 Å². The summed E-state index contributed by atoms with van der Waals surface area (Å²) in [5.41, 5.74) is 1.47. The van der Waals surface area contributed by atoms with E-state index in [2.05, 4.69) is 4.98 Å². The zero-order chi connectivity index (χ0) is 20.5. The highest BCUT2D eigenvalue weighted by Gasteiger charge is 2.27. The number of para-hydroxylation sites is 2. The molecule has 1 fully saturated rings. The molecule has 0 N–H and O–H groups in total. The van der Waals surface area contributed by atoms with E-state index in [1.54, 1.807) is 19.4 Å². The van der Waals surface area contributed by atoms with Crippen molar-refractivity contribution in [1.29, 1.82) is 0 Å². The molecule has 2 aromatic heterocycles. The molecule has 1 amide bonds. The Morgan fingerprint density at radius 2 is 1.77 bits per heavy atom. The number of furan rings is 1. The number of carbonyl (C=O) groups excluding carboxylic acids is 1. The van der Waals surface area contributed by atoms with Crippen molar-refractivity contribution in [2.45, 2.75) is 18.9 Å². The standard InChI is InChI=1S/C24H22N2O4/c1-28-20-9-3-6-17-15-21(30-23(17)20)24(27)26-13-10-18(11-14-26)29-19-8-2-5-16-7-4-12-25-22(16)19/h2-9,12,15,18H,10-11,13-14H2,1H3. The number of aromatic nitrogens is 1. The fourth-order valence-electron chi connectivity index (χ4n) is 3.99. The van der Waals surface area contributed by atoms with Crippen LogP contribution in [-0.4, -0.2) is 42.1 Å². The van der Waals surface area contributed by atoms with Crippen LogP contribution in [-0.2, 0) is 0 Å². The first-order chi connectivity index (χ1) is 14.7. The van der Waals surface area contributed by atoms with Gasteiger partial charge in [-0.15, -0.1) is 0 Å². The molecule has 5 rings (SSSR count). The third kappa shape index (κ3) is 3.34. The summed E-state index contributed by atoms with van der Waals surface area (Å²) in [7, 11) is 1.59. The number of likely N-dealkylation sites (tertiary alicyclic amines) is 1. The number of hydrogen-bond acceptors (Lipinski definition) is 5. The third-order valence-corrected chi connectivity index (χ3v) is 5.56. The molecule has 3 heterocycles. The van der Waals surface area contributed by atoms with Crippen molar-refractivity contribution in [1.82, 2.24) is 9.88 Å². The monoisotopic (exact) mass is 402 g/mol. The Morgan fingerprint density at radius 1 is 1.03 bits per heavy atom. The first kappa shape index (κ1) is 18.5. The Morgan fingerprint density at radius 3 is 2.57 bits per heavy atom. The lowest BCUT2D eigenvalue weighted by molar-refractivity contribution is 0.0571. The molecule has 0 saturated carbocycles. The number of pyridine rings is 1. The van der Waals surface area contributed by atoms with Crippen molar-refractivity contribution in [3.8, 4) is 11.5 Å². The van der Waals surface area contributed by atoms with E-state index >= 15 is 0 Å². The molecular formula is C24H22N2O4. The molecule has 2 aromatic carbocycles. The molecule has 0 atom stereocenters. The summed E-state index contributed by atoms with van der Waals surface area (Å²) >= 11 is 0. The molecule has 1 aliphatic rings. The van der Waals surface area contributed by atoms with Gasteiger partial charge in [-0.2, -0.15) is 0 Å². The van der Waals surface area contributed by atoms with Crippen LogP contribution in [0, 0.1) is 0 Å². The van der Waals surface area contributed by atoms with Gasteiger partial charge in [-0.25, -0.2) is 0 Å². The summed E-state index contributed by atoms with van der Waals surface area (Å²) in [5, 5.41) is 1.92. The molecule has 152 valence electrons. The van der Waals surface area contributed by atoms with E-state index in [1.807, 2.05) is 53.4 Å². The number of nitrogens with zero attached hydrogens (tertiary/aromatic N) is 2. The number of ether oxygens (including phenoxy) is 2. The van der Waals surface area contributed by atoms with E-state index < -0.39 is 0 Å². The minimum atomic E-state index is -0.0986. The maximum atomic E-state index is 12.9. The van der Waals surface area contributed by atoms with Crippen molar-refractivity contribution in [2.75, 3.05) is 20.2 Å². The van der Waals surface area contributed by atoms with E-state index in [4.69, 9.17) is 13.9 Å². The van der Waals surface area contributed by atoms with Crippen LogP contribution < -0.4 is 9.47 Å². The second-order valence-electron chi connectivity index (χ2n) is 7.43. The lowest BCUT2D eigenvalue weighted by atomic mass is 10.1. The number of carbonyl (C=O) groups is 1. The van der Waals surface area contributed by atoms with Gasteiger partial charge in [-0.3, -0.25) is 9.78 Å². The fourth-order valence-corrected chi connectivity index (χ4v) is 3.99. The lowest BCUT2D eigenvalue weighted by Gasteiger charge is -2.31. The highest BCUT2D eigenvalue weighted by molar-refractivity contribution is 5.97. The molecule has 0 bridgehead atoms. The van der Waals surface area contributed by atoms with Gasteiger partial charge in [-0.05, 0) is 24.3 Å². The minimum absolute atomic E-state index is 0.0532. The normalized spacial score (nSPS) is 14.9. The van der Waals surface area contributed by atoms with E-state index in [0.717, 1.165) is 34.9 Å². The van der Waals surface area contributed by atoms with Gasteiger partial charge in [0, 0.05) is 42.9 Å². The van der Waals surface area contributed by atoms with Crippen LogP contribution in [0.4, 0.5) is 0 Å². The number of fused-ring (bicyclic) bond motifs is 2. The van der Waals surface area contributed by atoms with Crippen molar-refractivity contribution in [2.24, 2.45) is 0 Å². The Balaban J connectivity index is 1.27. The minimum Gasteiger partial charge on any atom is -0.493 e. The number of benzene rings is 2. The molecule has 1 saturated heterocycles. The first-order valence-corrected chi connectivity index (χ1v) is 10.1. The Kier molecular flexibility index (Phi) is 4.75. The van der Waals surface area contributed by atoms with Crippen LogP contribution in [0.15, 0.2) is 65.2 Å². The predicted octanol–water partition coefficient (Wildman–Crippen LogP) is 4.67. The van der Waals surface area contributed by atoms with Crippen molar-refractivity contribution < 1.29 is 18.7 Å². The fraction of sp³-hybridized carbons (Fsp3) is 0.250. The van der Waals surface area contributed by atoms with Crippen LogP contribution in [0.5, 0.6) is 11.5 Å². The maximum Gasteiger partial charge on any atom is 0.289 e. The average Bonchev–Trinajstić information content (AvgIpc) is 3.24. The van der Waals surface area contributed by atoms with Crippen molar-refractivity contribution in [3.05, 3.63) is 66.6 Å². The molecule has 4 aromatic rings. The van der Waals surface area contributed by atoms with E-state index in [0.29, 0.717) is 30.2 Å². The number of hydrogen-bond donors (Lipinski definition) is 0. The number of amides is 1. The van der Waals surface area contributed by atoms with Gasteiger partial charge in [0.1, 0.15) is 17.4 Å². The molecule has 6 heteroatoms. The largest absolute Gasteiger partial charge is 0.493 e. The molecule has 1 aliphatic heterocycles. The molecule has 30 heavy (non-hydrogen) atoms. The van der Waals surface area contributed by atoms with E-state index in [1.165, 1.54) is 0 Å². The van der Waals surface area contributed by atoms with Gasteiger partial charge in [-0.1, -0.05) is 30.3 Å². The predicted molar refractivity (Wildman–Crippen MR) is 114 cm³/mol. The van der Waals surface area contributed by atoms with Gasteiger partial charge in [0.05, 0.1) is 7.11 Å². The smallest absolute Gasteiger partial charge is 0.289 e. The van der Waals surface area contributed by atoms with Crippen LogP contribution >= 0.6 is 0 Å². The summed E-state index contributed by atoms with van der Waals surface area (Å²) in [6, 6.07) is 17.3. The summed E-state index contributed by atoms with van der Waals surface area (Å²) < 4.78 is 17.4. The van der Waals surface area contributed by atoms with E-state index in [-0.39, 0.29) is 12.0 Å². The Hall–Kier alpha value is -3.54. The lowest BCUT2D eigenvalue weighted by Crippen LogP contribution is -2.41. The SMILES string of the molecule is COc1cccc2cc(C(=O)N3CCC(Oc4cccc5cccnc45)CC3)oc12. The molecule has 6 nitrogen and oxygen atoms in total. The Labute approximate surface area is 174 Å². The second-order valence-corrected chi connectivity index (χ2v) is 7.43. The second kappa shape index (κ2) is 7.71. The molecule has 0 spiro atoms. The number of piperidine rings is 1. The number of methoxy groups -OCH3 is 1. The van der Waals surface area contributed by atoms with Crippen molar-refractivity contribution >= 4 is 27.8 Å². The summed E-state index contributed by atoms with van der Waals surface area (Å²) in [6.07, 6.45) is 3.35. The van der Waals surface area contributed by atoms with Crippen LogP contribution in [0.2, 0.25) is 0 Å². The molecular weight excluding hydrogens is 380 g/mol. The first-order valence-electron chi connectivity index (χ1n) is 10.1. The molecule has 0 aliphatic carbocycles. The average molecular weight is 402 g/mol. The van der Waals surface area contributed by atoms with Crippen molar-refractivity contribution in [3.63, 3.8) is 0 Å². The zero-order valence-electron chi connectivity index (χ0n) is 16.7. The van der Waals surface area contributed by atoms with Gasteiger partial charge in [0.25, 0.3) is 5.91 Å².